The third kappa shape index (κ3) is 15.4. The molecule has 1 saturated heterocycles. The van der Waals surface area contributed by atoms with Gasteiger partial charge < -0.3 is 61.0 Å². The van der Waals surface area contributed by atoms with Crippen LogP contribution in [0.4, 0.5) is 5.69 Å². The van der Waals surface area contributed by atoms with Crippen LogP contribution in [0.3, 0.4) is 0 Å². The Balaban J connectivity index is 0.000000344. The van der Waals surface area contributed by atoms with Gasteiger partial charge in [0, 0.05) is 42.6 Å². The number of aromatic nitrogens is 1. The van der Waals surface area contributed by atoms with Crippen LogP contribution in [-0.2, 0) is 43.3 Å². The smallest absolute Gasteiger partial charge is 0.336 e. The number of ether oxygens (including phenoxy) is 2. The summed E-state index contributed by atoms with van der Waals surface area (Å²) >= 11 is 0. The summed E-state index contributed by atoms with van der Waals surface area (Å²) in [4.78, 5) is 77.6. The van der Waals surface area contributed by atoms with Gasteiger partial charge in [-0.25, -0.2) is 19.4 Å². The molecule has 21 nitrogen and oxygen atoms in total. The Bertz CT molecular complexity index is 1910. The SMILES string of the molecule is COc1cc(NC(C)CCCNC2CCC3(CC2)OO[C@@]2(C)CCC(C(C)C)=C[C@H]2O3)c2ncccc2c1.O=C(O)CC(O)(CC(=O)O)C(=O)O.O=C(O)CC(O)(CC(=O)O)C(=O)O. The molecule has 0 radical (unpaired) electrons. The Kier molecular flexibility index (Phi) is 19.0. The highest BCUT2D eigenvalue weighted by atomic mass is 17.2. The minimum Gasteiger partial charge on any atom is -0.497 e. The van der Waals surface area contributed by atoms with Crippen molar-refractivity contribution in [2.45, 2.75) is 146 Å². The molecule has 1 spiro atoms. The van der Waals surface area contributed by atoms with Crippen molar-refractivity contribution in [2.24, 2.45) is 5.92 Å². The summed E-state index contributed by atoms with van der Waals surface area (Å²) in [5, 5.41) is 76.1. The second-order valence-electron chi connectivity index (χ2n) is 16.9. The molecule has 1 aromatic heterocycles. The Morgan fingerprint density at radius 2 is 1.39 bits per heavy atom. The predicted molar refractivity (Wildman–Crippen MR) is 225 cm³/mol. The van der Waals surface area contributed by atoms with Crippen LogP contribution in [0.1, 0.15) is 105 Å². The molecule has 1 saturated carbocycles. The number of nitrogens with zero attached hydrogens (tertiary/aromatic N) is 1. The Hall–Kier alpha value is -5.45. The molecule has 10 N–H and O–H groups in total. The lowest BCUT2D eigenvalue weighted by Gasteiger charge is -2.51. The average Bonchev–Trinajstić information content (AvgIpc) is 3.19. The van der Waals surface area contributed by atoms with Gasteiger partial charge in [0.25, 0.3) is 0 Å². The minimum absolute atomic E-state index is 0.0298. The molecule has 2 fully saturated rings. The van der Waals surface area contributed by atoms with E-state index in [0.717, 1.165) is 80.3 Å². The third-order valence-electron chi connectivity index (χ3n) is 11.2. The van der Waals surface area contributed by atoms with Crippen LogP contribution < -0.4 is 15.4 Å². The Morgan fingerprint density at radius 3 is 1.88 bits per heavy atom. The van der Waals surface area contributed by atoms with Gasteiger partial charge in [0.1, 0.15) is 17.5 Å². The van der Waals surface area contributed by atoms with E-state index < -0.39 is 78.5 Å². The summed E-state index contributed by atoms with van der Waals surface area (Å²) in [7, 11) is 1.70. The maximum Gasteiger partial charge on any atom is 0.336 e. The first-order valence-electron chi connectivity index (χ1n) is 20.8. The summed E-state index contributed by atoms with van der Waals surface area (Å²) < 4.78 is 12.1. The number of hydrogen-bond donors (Lipinski definition) is 10. The van der Waals surface area contributed by atoms with Crippen molar-refractivity contribution in [3.05, 3.63) is 42.1 Å². The van der Waals surface area contributed by atoms with Gasteiger partial charge in [-0.15, -0.1) is 0 Å². The highest BCUT2D eigenvalue weighted by Gasteiger charge is 2.52. The zero-order valence-electron chi connectivity index (χ0n) is 36.6. The molecule has 5 rings (SSSR count). The van der Waals surface area contributed by atoms with Crippen molar-refractivity contribution in [3.63, 3.8) is 0 Å². The van der Waals surface area contributed by atoms with Crippen LogP contribution in [0.5, 0.6) is 5.75 Å². The van der Waals surface area contributed by atoms with E-state index in [0.29, 0.717) is 18.0 Å². The van der Waals surface area contributed by atoms with Gasteiger partial charge in [-0.3, -0.25) is 24.2 Å². The second-order valence-corrected chi connectivity index (χ2v) is 16.9. The third-order valence-corrected chi connectivity index (χ3v) is 11.2. The van der Waals surface area contributed by atoms with Crippen molar-refractivity contribution in [1.29, 1.82) is 0 Å². The summed E-state index contributed by atoms with van der Waals surface area (Å²) in [6, 6.07) is 8.92. The molecule has 356 valence electrons. The molecule has 2 aliphatic carbocycles. The number of benzene rings is 1. The minimum atomic E-state index is -2.74. The normalized spacial score (nSPS) is 22.3. The number of carboxylic acid groups (broad SMARTS) is 6. The topological polar surface area (TPSA) is 338 Å². The number of aliphatic carboxylic acids is 6. The number of rotatable bonds is 19. The van der Waals surface area contributed by atoms with E-state index in [4.69, 9.17) is 60.1 Å². The Morgan fingerprint density at radius 1 is 0.844 bits per heavy atom. The first-order chi connectivity index (χ1) is 29.8. The molecular formula is C43H61N3O18. The van der Waals surface area contributed by atoms with Crippen molar-refractivity contribution in [1.82, 2.24) is 10.3 Å². The predicted octanol–water partition coefficient (Wildman–Crippen LogP) is 4.04. The zero-order valence-corrected chi connectivity index (χ0v) is 36.6. The standard InChI is InChI=1S/C31H45N3O4.2C6H8O7/c1-21(2)23-10-13-30(4)28(19-23)36-31(38-37-30)14-11-25(12-15-31)32-16-6-8-22(3)34-27-20-26(35-5)18-24-9-7-17-33-29(24)27;2*7-3(8)1-6(13,5(11)12)2-4(9)10/h7,9,17-22,25,28,32,34H,6,8,10-16H2,1-5H3;2*13H,1-2H2,(H,7,8)(H,9,10)(H,11,12)/t22?,25?,28-,30+,31?;;/m1../s1. The van der Waals surface area contributed by atoms with Crippen LogP contribution in [0.2, 0.25) is 0 Å². The number of hydrogen-bond acceptors (Lipinski definition) is 15. The summed E-state index contributed by atoms with van der Waals surface area (Å²) in [6.45, 7) is 9.87. The first kappa shape index (κ1) is 52.9. The average molecular weight is 908 g/mol. The quantitative estimate of drug-likeness (QED) is 0.0540. The first-order valence-corrected chi connectivity index (χ1v) is 20.8. The van der Waals surface area contributed by atoms with Crippen LogP contribution in [0.15, 0.2) is 42.1 Å². The molecule has 3 atom stereocenters. The number of methoxy groups -OCH3 is 1. The fourth-order valence-electron chi connectivity index (χ4n) is 7.48. The second kappa shape index (κ2) is 22.9. The van der Waals surface area contributed by atoms with E-state index in [-0.39, 0.29) is 11.7 Å². The molecule has 0 bridgehead atoms. The lowest BCUT2D eigenvalue weighted by Crippen LogP contribution is -2.59. The Labute approximate surface area is 369 Å². The number of fused-ring (bicyclic) bond motifs is 2. The van der Waals surface area contributed by atoms with Gasteiger partial charge >= 0.3 is 35.8 Å². The van der Waals surface area contributed by atoms with Gasteiger partial charge in [0.15, 0.2) is 11.2 Å². The molecule has 1 unspecified atom stereocenters. The van der Waals surface area contributed by atoms with Crippen molar-refractivity contribution >= 4 is 52.4 Å². The van der Waals surface area contributed by atoms with Gasteiger partial charge in [0.2, 0.25) is 5.79 Å². The van der Waals surface area contributed by atoms with E-state index >= 15 is 0 Å². The zero-order chi connectivity index (χ0) is 48.0. The number of carboxylic acids is 6. The van der Waals surface area contributed by atoms with Crippen molar-refractivity contribution in [2.75, 3.05) is 19.0 Å². The van der Waals surface area contributed by atoms with Gasteiger partial charge in [-0.2, -0.15) is 0 Å². The number of aliphatic hydroxyl groups is 2. The number of anilines is 1. The van der Waals surface area contributed by atoms with Crippen molar-refractivity contribution in [3.8, 4) is 5.75 Å². The van der Waals surface area contributed by atoms with E-state index in [2.05, 4.69) is 55.5 Å². The van der Waals surface area contributed by atoms with Crippen LogP contribution in [0.25, 0.3) is 10.9 Å². The highest BCUT2D eigenvalue weighted by molar-refractivity contribution is 5.92. The van der Waals surface area contributed by atoms with E-state index in [9.17, 15) is 28.8 Å². The van der Waals surface area contributed by atoms with E-state index in [1.807, 2.05) is 24.4 Å². The molecule has 2 heterocycles. The fourth-order valence-corrected chi connectivity index (χ4v) is 7.48. The number of pyridine rings is 1. The lowest BCUT2D eigenvalue weighted by molar-refractivity contribution is -0.527. The van der Waals surface area contributed by atoms with Gasteiger partial charge in [0.05, 0.1) is 44.0 Å². The lowest BCUT2D eigenvalue weighted by atomic mass is 9.80. The number of carbonyl (C=O) groups is 6. The highest BCUT2D eigenvalue weighted by Crippen LogP contribution is 2.46. The molecule has 1 aromatic carbocycles. The monoisotopic (exact) mass is 907 g/mol. The summed E-state index contributed by atoms with van der Waals surface area (Å²) in [5.74, 6) is -9.25. The molecule has 1 aliphatic heterocycles. The van der Waals surface area contributed by atoms with Crippen LogP contribution in [-0.4, -0.2) is 136 Å². The summed E-state index contributed by atoms with van der Waals surface area (Å²) in [5.41, 5.74) is -2.37. The maximum absolute atomic E-state index is 10.3. The molecule has 64 heavy (non-hydrogen) atoms. The molecule has 0 amide bonds. The number of nitrogens with one attached hydrogen (secondary N) is 2. The van der Waals surface area contributed by atoms with Gasteiger partial charge in [-0.1, -0.05) is 31.6 Å². The van der Waals surface area contributed by atoms with Gasteiger partial charge in [-0.05, 0) is 77.0 Å². The van der Waals surface area contributed by atoms with Crippen LogP contribution in [0, 0.1) is 5.92 Å². The van der Waals surface area contributed by atoms with Crippen molar-refractivity contribution < 1.29 is 88.9 Å². The molecular weight excluding hydrogens is 846 g/mol. The van der Waals surface area contributed by atoms with E-state index in [1.54, 1.807) is 7.11 Å². The molecule has 3 aliphatic rings. The largest absolute Gasteiger partial charge is 0.497 e. The maximum atomic E-state index is 10.3. The summed E-state index contributed by atoms with van der Waals surface area (Å²) in [6.07, 6.45) is 7.48. The fraction of sp³-hybridized carbons (Fsp3) is 0.605. The van der Waals surface area contributed by atoms with E-state index in [1.165, 1.54) is 5.57 Å². The molecule has 2 aromatic rings. The number of allylic oxidation sites excluding steroid dienone is 1. The molecule has 21 heteroatoms. The van der Waals surface area contributed by atoms with Crippen LogP contribution >= 0.6 is 0 Å².